The van der Waals surface area contributed by atoms with Gasteiger partial charge in [-0.15, -0.1) is 0 Å². The third-order valence-corrected chi connectivity index (χ3v) is 7.87. The lowest BCUT2D eigenvalue weighted by Crippen LogP contribution is -2.45. The van der Waals surface area contributed by atoms with Gasteiger partial charge in [0.05, 0.1) is 30.5 Å². The molecule has 1 aromatic carbocycles. The predicted octanol–water partition coefficient (Wildman–Crippen LogP) is 3.03. The first-order valence-electron chi connectivity index (χ1n) is 11.4. The van der Waals surface area contributed by atoms with Crippen LogP contribution in [0.3, 0.4) is 0 Å². The molecular formula is C24H27FN4O4. The van der Waals surface area contributed by atoms with E-state index < -0.39 is 17.2 Å². The summed E-state index contributed by atoms with van der Waals surface area (Å²) in [6.45, 7) is 1.11. The average Bonchev–Trinajstić information content (AvgIpc) is 3.43. The molecule has 2 heterocycles. The molecular weight excluding hydrogens is 427 g/mol. The van der Waals surface area contributed by atoms with Crippen molar-refractivity contribution in [3.63, 3.8) is 0 Å². The second kappa shape index (κ2) is 7.73. The number of methoxy groups -OCH3 is 1. The summed E-state index contributed by atoms with van der Waals surface area (Å²) in [5.74, 6) is -1.46. The van der Waals surface area contributed by atoms with Crippen molar-refractivity contribution >= 4 is 22.6 Å². The first-order valence-corrected chi connectivity index (χ1v) is 11.4. The molecule has 3 aliphatic rings. The topological polar surface area (TPSA) is 122 Å². The number of halogens is 1. The van der Waals surface area contributed by atoms with Crippen LogP contribution in [0.25, 0.3) is 10.9 Å². The Labute approximate surface area is 190 Å². The molecule has 3 fully saturated rings. The normalized spacial score (nSPS) is 25.2. The molecule has 3 atom stereocenters. The Bertz CT molecular complexity index is 1250. The van der Waals surface area contributed by atoms with Gasteiger partial charge in [-0.3, -0.25) is 4.79 Å². The van der Waals surface area contributed by atoms with Gasteiger partial charge in [-0.25, -0.2) is 9.18 Å². The molecule has 0 radical (unpaired) electrons. The molecule has 0 amide bonds. The fourth-order valence-corrected chi connectivity index (χ4v) is 6.14. The van der Waals surface area contributed by atoms with E-state index in [1.54, 1.807) is 4.57 Å². The molecule has 174 valence electrons. The molecule has 1 saturated heterocycles. The van der Waals surface area contributed by atoms with E-state index >= 15 is 4.39 Å². The number of benzene rings is 1. The fraction of sp³-hybridized carbons (Fsp3) is 0.542. The maximum Gasteiger partial charge on any atom is 0.341 e. The molecule has 0 bridgehead atoms. The van der Waals surface area contributed by atoms with Gasteiger partial charge in [-0.1, -0.05) is 6.42 Å². The zero-order valence-electron chi connectivity index (χ0n) is 18.5. The van der Waals surface area contributed by atoms with E-state index in [0.29, 0.717) is 18.6 Å². The van der Waals surface area contributed by atoms with Crippen LogP contribution in [-0.4, -0.2) is 41.9 Å². The average molecular weight is 455 g/mol. The first kappa shape index (κ1) is 21.7. The highest BCUT2D eigenvalue weighted by Crippen LogP contribution is 2.54. The monoisotopic (exact) mass is 454 g/mol. The Hall–Kier alpha value is -3.12. The maximum absolute atomic E-state index is 15.6. The van der Waals surface area contributed by atoms with Crippen molar-refractivity contribution in [1.29, 1.82) is 5.26 Å². The number of rotatable bonds is 6. The molecule has 33 heavy (non-hydrogen) atoms. The SMILES string of the molecule is COc1c(N2CC3CCCC3(C(N)CC#N)C2)c(F)cc2c(=O)c(C(=O)O)cn(C3CC3)c12. The number of carboxylic acid groups (broad SMARTS) is 1. The van der Waals surface area contributed by atoms with Crippen molar-refractivity contribution in [3.05, 3.63) is 33.9 Å². The molecule has 9 heteroatoms. The van der Waals surface area contributed by atoms with Crippen LogP contribution in [0.4, 0.5) is 10.1 Å². The van der Waals surface area contributed by atoms with Crippen LogP contribution in [0.2, 0.25) is 0 Å². The molecule has 3 N–H and O–H groups in total. The van der Waals surface area contributed by atoms with Crippen LogP contribution in [0, 0.1) is 28.5 Å². The molecule has 3 unspecified atom stereocenters. The van der Waals surface area contributed by atoms with Crippen molar-refractivity contribution in [2.24, 2.45) is 17.1 Å². The zero-order chi connectivity index (χ0) is 23.5. The standard InChI is InChI=1S/C24H27FN4O4/c1-33-22-19-15(21(30)16(23(31)32)11-29(19)14-4-5-14)9-17(25)20(22)28-10-13-3-2-7-24(13,12-28)18(27)6-8-26/h9,11,13-14,18H,2-7,10,12,27H2,1H3,(H,31,32). The number of fused-ring (bicyclic) bond motifs is 2. The Morgan fingerprint density at radius 1 is 1.45 bits per heavy atom. The molecule has 2 aromatic rings. The molecule has 1 aromatic heterocycles. The van der Waals surface area contributed by atoms with Crippen molar-refractivity contribution in [3.8, 4) is 11.8 Å². The van der Waals surface area contributed by atoms with Gasteiger partial charge >= 0.3 is 5.97 Å². The predicted molar refractivity (Wildman–Crippen MR) is 120 cm³/mol. The number of nitrogens with two attached hydrogens (primary N) is 1. The molecule has 8 nitrogen and oxygen atoms in total. The summed E-state index contributed by atoms with van der Waals surface area (Å²) in [6.07, 6.45) is 6.22. The van der Waals surface area contributed by atoms with Crippen LogP contribution in [0.5, 0.6) is 5.75 Å². The number of nitrogens with zero attached hydrogens (tertiary/aromatic N) is 3. The lowest BCUT2D eigenvalue weighted by Gasteiger charge is -2.34. The summed E-state index contributed by atoms with van der Waals surface area (Å²) >= 11 is 0. The van der Waals surface area contributed by atoms with Gasteiger partial charge in [0, 0.05) is 36.8 Å². The van der Waals surface area contributed by atoms with Gasteiger partial charge in [0.15, 0.2) is 11.6 Å². The molecule has 2 saturated carbocycles. The lowest BCUT2D eigenvalue weighted by atomic mass is 9.73. The smallest absolute Gasteiger partial charge is 0.341 e. The van der Waals surface area contributed by atoms with Gasteiger partial charge in [0.2, 0.25) is 5.43 Å². The van der Waals surface area contributed by atoms with E-state index in [9.17, 15) is 20.0 Å². The Kier molecular flexibility index (Phi) is 5.09. The second-order valence-corrected chi connectivity index (χ2v) is 9.62. The number of carbonyl (C=O) groups is 1. The van der Waals surface area contributed by atoms with Crippen molar-refractivity contribution in [2.45, 2.75) is 50.6 Å². The minimum absolute atomic E-state index is 0.00943. The number of hydrogen-bond acceptors (Lipinski definition) is 6. The quantitative estimate of drug-likeness (QED) is 0.688. The highest BCUT2D eigenvalue weighted by atomic mass is 19.1. The molecule has 5 rings (SSSR count). The Morgan fingerprint density at radius 2 is 2.21 bits per heavy atom. The molecule has 1 aliphatic heterocycles. The minimum atomic E-state index is -1.33. The van der Waals surface area contributed by atoms with Gasteiger partial charge in [0.25, 0.3) is 0 Å². The number of hydrogen-bond donors (Lipinski definition) is 2. The Balaban J connectivity index is 1.69. The summed E-state index contributed by atoms with van der Waals surface area (Å²) in [6, 6.07) is 3.09. The number of pyridine rings is 1. The van der Waals surface area contributed by atoms with E-state index in [2.05, 4.69) is 6.07 Å². The summed E-state index contributed by atoms with van der Waals surface area (Å²) < 4.78 is 23.1. The van der Waals surface area contributed by atoms with Crippen molar-refractivity contribution in [2.75, 3.05) is 25.1 Å². The third kappa shape index (κ3) is 3.19. The van der Waals surface area contributed by atoms with E-state index in [1.165, 1.54) is 13.3 Å². The number of aromatic carboxylic acids is 1. The summed E-state index contributed by atoms with van der Waals surface area (Å²) in [7, 11) is 1.44. The van der Waals surface area contributed by atoms with Crippen molar-refractivity contribution < 1.29 is 19.0 Å². The fourth-order valence-electron chi connectivity index (χ4n) is 6.14. The number of aromatic nitrogens is 1. The zero-order valence-corrected chi connectivity index (χ0v) is 18.5. The van der Waals surface area contributed by atoms with Crippen LogP contribution >= 0.6 is 0 Å². The highest BCUT2D eigenvalue weighted by molar-refractivity contribution is 5.97. The summed E-state index contributed by atoms with van der Waals surface area (Å²) in [5.41, 5.74) is 5.82. The lowest BCUT2D eigenvalue weighted by molar-refractivity contribution is 0.0695. The summed E-state index contributed by atoms with van der Waals surface area (Å²) in [4.78, 5) is 26.5. The molecule has 2 aliphatic carbocycles. The minimum Gasteiger partial charge on any atom is -0.492 e. The van der Waals surface area contributed by atoms with Gasteiger partial charge < -0.3 is 25.0 Å². The maximum atomic E-state index is 15.6. The summed E-state index contributed by atoms with van der Waals surface area (Å²) in [5, 5.41) is 18.7. The molecule has 0 spiro atoms. The first-order chi connectivity index (χ1) is 15.8. The highest BCUT2D eigenvalue weighted by Gasteiger charge is 2.53. The second-order valence-electron chi connectivity index (χ2n) is 9.62. The third-order valence-electron chi connectivity index (χ3n) is 7.87. The van der Waals surface area contributed by atoms with Crippen LogP contribution in [-0.2, 0) is 0 Å². The number of ether oxygens (including phenoxy) is 1. The largest absolute Gasteiger partial charge is 0.492 e. The van der Waals surface area contributed by atoms with E-state index in [1.807, 2.05) is 4.90 Å². The number of anilines is 1. The van der Waals surface area contributed by atoms with Crippen LogP contribution in [0.1, 0.15) is 54.9 Å². The van der Waals surface area contributed by atoms with Gasteiger partial charge in [0.1, 0.15) is 11.3 Å². The van der Waals surface area contributed by atoms with Crippen LogP contribution in [0.15, 0.2) is 17.1 Å². The van der Waals surface area contributed by atoms with Crippen LogP contribution < -0.4 is 20.8 Å². The van der Waals surface area contributed by atoms with Gasteiger partial charge in [-0.2, -0.15) is 5.26 Å². The number of nitriles is 1. The Morgan fingerprint density at radius 3 is 2.85 bits per heavy atom. The van der Waals surface area contributed by atoms with Crippen molar-refractivity contribution in [1.82, 2.24) is 4.57 Å². The van der Waals surface area contributed by atoms with E-state index in [0.717, 1.165) is 38.2 Å². The van der Waals surface area contributed by atoms with E-state index in [4.69, 9.17) is 10.5 Å². The van der Waals surface area contributed by atoms with Gasteiger partial charge in [-0.05, 0) is 37.7 Å². The van der Waals surface area contributed by atoms with E-state index in [-0.39, 0.29) is 52.2 Å². The number of carboxylic acids is 1.